The van der Waals surface area contributed by atoms with E-state index in [9.17, 15) is 0 Å². The molecule has 2 aliphatic rings. The Morgan fingerprint density at radius 1 is 1.24 bits per heavy atom. The van der Waals surface area contributed by atoms with Gasteiger partial charge in [0.25, 0.3) is 0 Å². The number of nitrogens with one attached hydrogen (secondary N) is 1. The summed E-state index contributed by atoms with van der Waals surface area (Å²) >= 11 is 0. The number of aromatic nitrogens is 1. The molecule has 6 heteroatoms. The van der Waals surface area contributed by atoms with Crippen LogP contribution < -0.4 is 10.2 Å². The van der Waals surface area contributed by atoms with E-state index in [2.05, 4.69) is 51.9 Å². The quantitative estimate of drug-likeness (QED) is 0.671. The van der Waals surface area contributed by atoms with Gasteiger partial charge in [-0.05, 0) is 25.5 Å². The molecule has 138 valence electrons. The van der Waals surface area contributed by atoms with Crippen LogP contribution in [0.25, 0.3) is 0 Å². The van der Waals surface area contributed by atoms with E-state index in [1.54, 1.807) is 0 Å². The Kier molecular flexibility index (Phi) is 4.91. The zero-order chi connectivity index (χ0) is 18.1. The van der Waals surface area contributed by atoms with Crippen molar-refractivity contribution in [2.45, 2.75) is 38.8 Å². The summed E-state index contributed by atoms with van der Waals surface area (Å²) < 4.78 is 5.74. The van der Waals surface area contributed by atoms with Gasteiger partial charge in [0.15, 0.2) is 5.96 Å². The Balaban J connectivity index is 1.57. The molecule has 3 rings (SSSR count). The van der Waals surface area contributed by atoms with E-state index in [-0.39, 0.29) is 11.0 Å². The highest BCUT2D eigenvalue weighted by Gasteiger charge is 2.58. The van der Waals surface area contributed by atoms with Crippen molar-refractivity contribution in [3.8, 4) is 0 Å². The Bertz CT molecular complexity index is 610. The number of guanidine groups is 1. The van der Waals surface area contributed by atoms with Crippen molar-refractivity contribution >= 4 is 11.8 Å². The van der Waals surface area contributed by atoms with Gasteiger partial charge in [-0.3, -0.25) is 4.99 Å². The molecule has 2 fully saturated rings. The van der Waals surface area contributed by atoms with Crippen molar-refractivity contribution in [1.29, 1.82) is 0 Å². The van der Waals surface area contributed by atoms with E-state index in [0.29, 0.717) is 6.04 Å². The summed E-state index contributed by atoms with van der Waals surface area (Å²) in [5.41, 5.74) is 0.00860. The molecular formula is C19H31N5O. The summed E-state index contributed by atoms with van der Waals surface area (Å²) in [7, 11) is 3.68. The van der Waals surface area contributed by atoms with Crippen LogP contribution in [0, 0.1) is 5.41 Å². The highest BCUT2D eigenvalue weighted by Crippen LogP contribution is 2.51. The standard InChI is InChI=1S/C19H31N5O/c1-18(2)15(14-19(18,3)25-5)22-17(20-4)24-12-10-23(11-13-24)16-8-6-7-9-21-16/h6-9,15H,10-14H2,1-5H3,(H,20,22). The average Bonchev–Trinajstić information content (AvgIpc) is 2.65. The number of hydrogen-bond acceptors (Lipinski definition) is 4. The van der Waals surface area contributed by atoms with Gasteiger partial charge in [0, 0.05) is 58.0 Å². The molecular weight excluding hydrogens is 314 g/mol. The maximum Gasteiger partial charge on any atom is 0.194 e. The molecule has 1 aromatic heterocycles. The third-order valence-corrected chi connectivity index (χ3v) is 6.35. The van der Waals surface area contributed by atoms with Crippen LogP contribution in [0.5, 0.6) is 0 Å². The molecule has 0 amide bonds. The lowest BCUT2D eigenvalue weighted by Crippen LogP contribution is -2.70. The van der Waals surface area contributed by atoms with Crippen molar-refractivity contribution in [3.63, 3.8) is 0 Å². The van der Waals surface area contributed by atoms with E-state index in [1.807, 2.05) is 32.5 Å². The Morgan fingerprint density at radius 3 is 2.48 bits per heavy atom. The van der Waals surface area contributed by atoms with Gasteiger partial charge in [-0.25, -0.2) is 4.98 Å². The van der Waals surface area contributed by atoms with E-state index in [1.165, 1.54) is 0 Å². The van der Waals surface area contributed by atoms with Crippen LogP contribution in [0.1, 0.15) is 27.2 Å². The van der Waals surface area contributed by atoms with Crippen LogP contribution in [0.15, 0.2) is 29.4 Å². The fourth-order valence-corrected chi connectivity index (χ4v) is 3.86. The molecule has 0 spiro atoms. The van der Waals surface area contributed by atoms with Crippen LogP contribution in [-0.2, 0) is 4.74 Å². The smallest absolute Gasteiger partial charge is 0.194 e. The third kappa shape index (κ3) is 3.19. The topological polar surface area (TPSA) is 53.0 Å². The van der Waals surface area contributed by atoms with Crippen molar-refractivity contribution in [2.24, 2.45) is 10.4 Å². The number of pyridine rings is 1. The van der Waals surface area contributed by atoms with Crippen LogP contribution in [0.2, 0.25) is 0 Å². The molecule has 1 aliphatic heterocycles. The summed E-state index contributed by atoms with van der Waals surface area (Å²) in [4.78, 5) is 13.7. The number of ether oxygens (including phenoxy) is 1. The lowest BCUT2D eigenvalue weighted by molar-refractivity contribution is -0.177. The Hall–Kier alpha value is -1.82. The molecule has 0 radical (unpaired) electrons. The first-order valence-corrected chi connectivity index (χ1v) is 9.10. The zero-order valence-electron chi connectivity index (χ0n) is 16.1. The van der Waals surface area contributed by atoms with Gasteiger partial charge in [0.2, 0.25) is 0 Å². The minimum atomic E-state index is -0.0683. The molecule has 6 nitrogen and oxygen atoms in total. The second-order valence-corrected chi connectivity index (χ2v) is 7.77. The zero-order valence-corrected chi connectivity index (χ0v) is 16.1. The van der Waals surface area contributed by atoms with Crippen molar-refractivity contribution in [3.05, 3.63) is 24.4 Å². The van der Waals surface area contributed by atoms with Crippen molar-refractivity contribution in [1.82, 2.24) is 15.2 Å². The molecule has 1 aliphatic carbocycles. The molecule has 2 unspecified atom stereocenters. The second-order valence-electron chi connectivity index (χ2n) is 7.77. The lowest BCUT2D eigenvalue weighted by atomic mass is 9.56. The summed E-state index contributed by atoms with van der Waals surface area (Å²) in [6.07, 6.45) is 2.86. The molecule has 2 heterocycles. The van der Waals surface area contributed by atoms with E-state index in [4.69, 9.17) is 4.74 Å². The van der Waals surface area contributed by atoms with E-state index >= 15 is 0 Å². The minimum Gasteiger partial charge on any atom is -0.378 e. The average molecular weight is 345 g/mol. The first kappa shape index (κ1) is 18.0. The van der Waals surface area contributed by atoms with Crippen LogP contribution in [0.4, 0.5) is 5.82 Å². The van der Waals surface area contributed by atoms with Gasteiger partial charge in [-0.2, -0.15) is 0 Å². The normalized spacial score (nSPS) is 29.3. The number of nitrogens with zero attached hydrogens (tertiary/aromatic N) is 4. The highest BCUT2D eigenvalue weighted by atomic mass is 16.5. The first-order valence-electron chi connectivity index (χ1n) is 9.10. The SMILES string of the molecule is CN=C(NC1CC(C)(OC)C1(C)C)N1CCN(c2ccccn2)CC1. The third-order valence-electron chi connectivity index (χ3n) is 6.35. The molecule has 0 bridgehead atoms. The number of anilines is 1. The molecule has 25 heavy (non-hydrogen) atoms. The first-order chi connectivity index (χ1) is 11.9. The molecule has 0 aromatic carbocycles. The highest BCUT2D eigenvalue weighted by molar-refractivity contribution is 5.80. The van der Waals surface area contributed by atoms with Gasteiger partial charge < -0.3 is 19.9 Å². The minimum absolute atomic E-state index is 0.0683. The molecule has 1 saturated carbocycles. The van der Waals surface area contributed by atoms with Crippen molar-refractivity contribution < 1.29 is 4.74 Å². The van der Waals surface area contributed by atoms with Crippen LogP contribution >= 0.6 is 0 Å². The Morgan fingerprint density at radius 2 is 1.96 bits per heavy atom. The van der Waals surface area contributed by atoms with Crippen molar-refractivity contribution in [2.75, 3.05) is 45.2 Å². The largest absolute Gasteiger partial charge is 0.378 e. The lowest BCUT2D eigenvalue weighted by Gasteiger charge is -2.59. The van der Waals surface area contributed by atoms with E-state index < -0.39 is 0 Å². The van der Waals surface area contributed by atoms with Gasteiger partial charge >= 0.3 is 0 Å². The van der Waals surface area contributed by atoms with Gasteiger partial charge in [-0.15, -0.1) is 0 Å². The fourth-order valence-electron chi connectivity index (χ4n) is 3.86. The molecule has 1 aromatic rings. The summed E-state index contributed by atoms with van der Waals surface area (Å²) in [5, 5.41) is 3.67. The monoisotopic (exact) mass is 345 g/mol. The Labute approximate surface area is 151 Å². The predicted octanol–water partition coefficient (Wildman–Crippen LogP) is 1.98. The fraction of sp³-hybridized carbons (Fsp3) is 0.684. The molecule has 1 saturated heterocycles. The van der Waals surface area contributed by atoms with Crippen LogP contribution in [-0.4, -0.2) is 67.8 Å². The summed E-state index contributed by atoms with van der Waals surface area (Å²) in [6.45, 7) is 10.5. The molecule has 1 N–H and O–H groups in total. The maximum atomic E-state index is 5.74. The van der Waals surface area contributed by atoms with Gasteiger partial charge in [0.05, 0.1) is 5.60 Å². The predicted molar refractivity (Wildman–Crippen MR) is 102 cm³/mol. The summed E-state index contributed by atoms with van der Waals surface area (Å²) in [5.74, 6) is 2.05. The summed E-state index contributed by atoms with van der Waals surface area (Å²) in [6, 6.07) is 6.45. The number of methoxy groups -OCH3 is 1. The number of aliphatic imine (C=N–C) groups is 1. The number of piperazine rings is 1. The number of hydrogen-bond donors (Lipinski definition) is 1. The van der Waals surface area contributed by atoms with Crippen LogP contribution in [0.3, 0.4) is 0 Å². The number of rotatable bonds is 3. The van der Waals surface area contributed by atoms with E-state index in [0.717, 1.165) is 44.4 Å². The van der Waals surface area contributed by atoms with Gasteiger partial charge in [0.1, 0.15) is 5.82 Å². The maximum absolute atomic E-state index is 5.74. The molecule has 2 atom stereocenters. The second kappa shape index (κ2) is 6.83. The van der Waals surface area contributed by atoms with Gasteiger partial charge in [-0.1, -0.05) is 19.9 Å².